The Morgan fingerprint density at radius 1 is 1.47 bits per heavy atom. The molecule has 0 saturated carbocycles. The number of imidazole rings is 1. The van der Waals surface area contributed by atoms with Crippen molar-refractivity contribution in [2.45, 2.75) is 26.8 Å². The molecule has 2 aromatic rings. The number of nitrogens with two attached hydrogens (primary N) is 1. The maximum atomic E-state index is 5.59. The summed E-state index contributed by atoms with van der Waals surface area (Å²) in [5.74, 6) is 0.642. The van der Waals surface area contributed by atoms with Gasteiger partial charge in [0.25, 0.3) is 0 Å². The Morgan fingerprint density at radius 2 is 2.27 bits per heavy atom. The van der Waals surface area contributed by atoms with E-state index in [-0.39, 0.29) is 0 Å². The second kappa shape index (κ2) is 4.03. The molecule has 2 N–H and O–H groups in total. The van der Waals surface area contributed by atoms with E-state index in [2.05, 4.69) is 29.4 Å². The molecular weight excluding hydrogens is 186 g/mol. The van der Waals surface area contributed by atoms with E-state index < -0.39 is 0 Å². The van der Waals surface area contributed by atoms with E-state index in [1.54, 1.807) is 0 Å². The average Bonchev–Trinajstić information content (AvgIpc) is 2.57. The zero-order valence-corrected chi connectivity index (χ0v) is 9.27. The first-order valence-corrected chi connectivity index (χ1v) is 5.35. The lowest BCUT2D eigenvalue weighted by Crippen LogP contribution is -1.96. The van der Waals surface area contributed by atoms with Gasteiger partial charge in [0.1, 0.15) is 5.65 Å². The molecule has 0 fully saturated rings. The summed E-state index contributed by atoms with van der Waals surface area (Å²) in [4.78, 5) is 4.57. The van der Waals surface area contributed by atoms with Crippen LogP contribution >= 0.6 is 0 Å². The monoisotopic (exact) mass is 203 g/mol. The Labute approximate surface area is 89.9 Å². The van der Waals surface area contributed by atoms with Gasteiger partial charge < -0.3 is 10.1 Å². The van der Waals surface area contributed by atoms with Gasteiger partial charge in [0.05, 0.1) is 5.69 Å². The third-order valence-electron chi connectivity index (χ3n) is 2.43. The zero-order valence-electron chi connectivity index (χ0n) is 9.27. The number of rotatable bonds is 3. The van der Waals surface area contributed by atoms with Crippen LogP contribution < -0.4 is 5.73 Å². The lowest BCUT2D eigenvalue weighted by atomic mass is 10.1. The second-order valence-electron chi connectivity index (χ2n) is 4.33. The lowest BCUT2D eigenvalue weighted by molar-refractivity contribution is 0.638. The standard InChI is InChI=1S/C12H17N3/c1-9(2)5-11-8-15-4-3-10(7-13)6-12(15)14-11/h3-4,6,8-9H,5,7,13H2,1-2H3. The summed E-state index contributed by atoms with van der Waals surface area (Å²) in [5, 5.41) is 0. The van der Waals surface area contributed by atoms with Crippen LogP contribution in [0.25, 0.3) is 5.65 Å². The molecular formula is C12H17N3. The summed E-state index contributed by atoms with van der Waals surface area (Å²) in [5.41, 5.74) is 8.87. The first-order chi connectivity index (χ1) is 7.19. The van der Waals surface area contributed by atoms with Gasteiger partial charge in [-0.05, 0) is 30.0 Å². The zero-order chi connectivity index (χ0) is 10.8. The normalized spacial score (nSPS) is 11.5. The predicted octanol–water partition coefficient (Wildman–Crippen LogP) is 1.99. The minimum Gasteiger partial charge on any atom is -0.326 e. The molecule has 0 radical (unpaired) electrons. The van der Waals surface area contributed by atoms with E-state index in [0.29, 0.717) is 12.5 Å². The van der Waals surface area contributed by atoms with Crippen LogP contribution in [-0.4, -0.2) is 9.38 Å². The van der Waals surface area contributed by atoms with Crippen LogP contribution in [0, 0.1) is 5.92 Å². The van der Waals surface area contributed by atoms with E-state index in [0.717, 1.165) is 23.3 Å². The van der Waals surface area contributed by atoms with Crippen molar-refractivity contribution in [3.8, 4) is 0 Å². The fraction of sp³-hybridized carbons (Fsp3) is 0.417. The maximum Gasteiger partial charge on any atom is 0.137 e. The molecule has 2 rings (SSSR count). The summed E-state index contributed by atoms with van der Waals surface area (Å²) in [6.45, 7) is 4.98. The molecule has 2 heterocycles. The van der Waals surface area contributed by atoms with Crippen LogP contribution in [-0.2, 0) is 13.0 Å². The van der Waals surface area contributed by atoms with Crippen LogP contribution in [0.2, 0.25) is 0 Å². The Morgan fingerprint density at radius 3 is 2.93 bits per heavy atom. The largest absolute Gasteiger partial charge is 0.326 e. The highest BCUT2D eigenvalue weighted by Gasteiger charge is 2.04. The predicted molar refractivity (Wildman–Crippen MR) is 61.6 cm³/mol. The van der Waals surface area contributed by atoms with Crippen LogP contribution in [0.4, 0.5) is 0 Å². The van der Waals surface area contributed by atoms with Gasteiger partial charge >= 0.3 is 0 Å². The molecule has 0 aliphatic carbocycles. The van der Waals surface area contributed by atoms with E-state index in [4.69, 9.17) is 5.73 Å². The van der Waals surface area contributed by atoms with E-state index in [9.17, 15) is 0 Å². The third-order valence-corrected chi connectivity index (χ3v) is 2.43. The molecule has 0 amide bonds. The molecule has 0 aliphatic heterocycles. The number of pyridine rings is 1. The first-order valence-electron chi connectivity index (χ1n) is 5.35. The summed E-state index contributed by atoms with van der Waals surface area (Å²) in [6.07, 6.45) is 5.14. The first kappa shape index (κ1) is 10.2. The van der Waals surface area contributed by atoms with Crippen molar-refractivity contribution in [2.75, 3.05) is 0 Å². The summed E-state index contributed by atoms with van der Waals surface area (Å²) < 4.78 is 2.05. The average molecular weight is 203 g/mol. The minimum absolute atomic E-state index is 0.572. The van der Waals surface area contributed by atoms with Crippen molar-refractivity contribution in [1.29, 1.82) is 0 Å². The van der Waals surface area contributed by atoms with Gasteiger partial charge in [-0.2, -0.15) is 0 Å². The quantitative estimate of drug-likeness (QED) is 0.829. The van der Waals surface area contributed by atoms with E-state index in [1.807, 2.05) is 18.3 Å². The molecule has 0 aliphatic rings. The van der Waals surface area contributed by atoms with Gasteiger partial charge in [0.15, 0.2) is 0 Å². The van der Waals surface area contributed by atoms with Crippen molar-refractivity contribution < 1.29 is 0 Å². The van der Waals surface area contributed by atoms with Crippen LogP contribution in [0.15, 0.2) is 24.5 Å². The molecule has 0 atom stereocenters. The van der Waals surface area contributed by atoms with E-state index in [1.165, 1.54) is 0 Å². The second-order valence-corrected chi connectivity index (χ2v) is 4.33. The fourth-order valence-electron chi connectivity index (χ4n) is 1.72. The van der Waals surface area contributed by atoms with Gasteiger partial charge in [-0.25, -0.2) is 4.98 Å². The molecule has 0 spiro atoms. The number of hydrogen-bond donors (Lipinski definition) is 1. The summed E-state index contributed by atoms with van der Waals surface area (Å²) >= 11 is 0. The molecule has 3 heteroatoms. The van der Waals surface area contributed by atoms with Gasteiger partial charge in [-0.3, -0.25) is 0 Å². The Hall–Kier alpha value is -1.35. The van der Waals surface area contributed by atoms with Gasteiger partial charge in [-0.1, -0.05) is 13.8 Å². The Bertz CT molecular complexity index is 457. The highest BCUT2D eigenvalue weighted by molar-refractivity contribution is 5.42. The lowest BCUT2D eigenvalue weighted by Gasteiger charge is -1.97. The SMILES string of the molecule is CC(C)Cc1cn2ccc(CN)cc2n1. The number of hydrogen-bond acceptors (Lipinski definition) is 2. The van der Waals surface area contributed by atoms with Gasteiger partial charge in [0.2, 0.25) is 0 Å². The molecule has 80 valence electrons. The highest BCUT2D eigenvalue weighted by Crippen LogP contribution is 2.11. The van der Waals surface area contributed by atoms with Crippen molar-refractivity contribution in [1.82, 2.24) is 9.38 Å². The topological polar surface area (TPSA) is 43.3 Å². The Kier molecular flexibility index (Phi) is 2.73. The smallest absolute Gasteiger partial charge is 0.137 e. The van der Waals surface area contributed by atoms with E-state index >= 15 is 0 Å². The van der Waals surface area contributed by atoms with Crippen molar-refractivity contribution >= 4 is 5.65 Å². The summed E-state index contributed by atoms with van der Waals surface area (Å²) in [6, 6.07) is 4.08. The maximum absolute atomic E-state index is 5.59. The minimum atomic E-state index is 0.572. The van der Waals surface area contributed by atoms with Crippen molar-refractivity contribution in [2.24, 2.45) is 11.7 Å². The molecule has 3 nitrogen and oxygen atoms in total. The number of nitrogens with zero attached hydrogens (tertiary/aromatic N) is 2. The fourth-order valence-corrected chi connectivity index (χ4v) is 1.72. The van der Waals surface area contributed by atoms with Crippen molar-refractivity contribution in [3.63, 3.8) is 0 Å². The van der Waals surface area contributed by atoms with Gasteiger partial charge in [-0.15, -0.1) is 0 Å². The van der Waals surface area contributed by atoms with Gasteiger partial charge in [0, 0.05) is 18.9 Å². The molecule has 0 bridgehead atoms. The molecule has 0 aromatic carbocycles. The molecule has 0 unspecified atom stereocenters. The van der Waals surface area contributed by atoms with Crippen LogP contribution in [0.1, 0.15) is 25.1 Å². The number of fused-ring (bicyclic) bond motifs is 1. The van der Waals surface area contributed by atoms with Crippen LogP contribution in [0.5, 0.6) is 0 Å². The molecule has 0 saturated heterocycles. The third kappa shape index (κ3) is 2.18. The highest BCUT2D eigenvalue weighted by atomic mass is 15.0. The number of aromatic nitrogens is 2. The summed E-state index contributed by atoms with van der Waals surface area (Å²) in [7, 11) is 0. The van der Waals surface area contributed by atoms with Crippen molar-refractivity contribution in [3.05, 3.63) is 35.8 Å². The molecule has 15 heavy (non-hydrogen) atoms. The van der Waals surface area contributed by atoms with Crippen LogP contribution in [0.3, 0.4) is 0 Å². The Balaban J connectivity index is 2.37. The molecule has 2 aromatic heterocycles.